The van der Waals surface area contributed by atoms with Crippen molar-refractivity contribution in [3.63, 3.8) is 0 Å². The summed E-state index contributed by atoms with van der Waals surface area (Å²) >= 11 is 0. The molecule has 0 amide bonds. The lowest BCUT2D eigenvalue weighted by molar-refractivity contribution is -0.138. The van der Waals surface area contributed by atoms with E-state index in [1.54, 1.807) is 0 Å². The predicted molar refractivity (Wildman–Crippen MR) is 152 cm³/mol. The minimum absolute atomic E-state index is 0.0282. The quantitative estimate of drug-likeness (QED) is 0.202. The average Bonchev–Trinajstić information content (AvgIpc) is 3.34. The lowest BCUT2D eigenvalue weighted by Gasteiger charge is -2.14. The smallest absolute Gasteiger partial charge is 0.401 e. The number of alkyl halides is 6. The zero-order valence-corrected chi connectivity index (χ0v) is 23.1. The Morgan fingerprint density at radius 2 is 0.913 bits per heavy atom. The number of hydrogen-bond acceptors (Lipinski definition) is 6. The van der Waals surface area contributed by atoms with Gasteiger partial charge in [-0.1, -0.05) is 12.1 Å². The highest BCUT2D eigenvalue weighted by molar-refractivity contribution is 6.05. The third-order valence-corrected chi connectivity index (χ3v) is 7.49. The fourth-order valence-electron chi connectivity index (χ4n) is 5.47. The van der Waals surface area contributed by atoms with Gasteiger partial charge in [-0.3, -0.25) is 0 Å². The molecule has 0 atom stereocenters. The fraction of sp³-hybridized carbons (Fsp3) is 0.0882. The Hall–Kier alpha value is -6.55. The van der Waals surface area contributed by atoms with Crippen molar-refractivity contribution in [1.29, 1.82) is 26.3 Å². The molecule has 4 aromatic rings. The highest BCUT2D eigenvalue weighted by atomic mass is 19.4. The second kappa shape index (κ2) is 11.2. The van der Waals surface area contributed by atoms with Gasteiger partial charge < -0.3 is 5.73 Å². The van der Waals surface area contributed by atoms with Crippen LogP contribution in [-0.2, 0) is 12.4 Å². The van der Waals surface area contributed by atoms with Gasteiger partial charge in [0.2, 0.25) is 0 Å². The maximum absolute atomic E-state index is 13.8. The molecule has 4 aromatic carbocycles. The van der Waals surface area contributed by atoms with Gasteiger partial charge in [-0.25, -0.2) is 0 Å². The molecule has 0 unspecified atom stereocenters. The van der Waals surface area contributed by atoms with Gasteiger partial charge in [-0.15, -0.1) is 0 Å². The molecular formula is C34H14F6N6. The molecule has 0 saturated carbocycles. The number of fused-ring (bicyclic) bond motifs is 3. The maximum atomic E-state index is 13.8. The lowest BCUT2D eigenvalue weighted by Crippen LogP contribution is -2.08. The van der Waals surface area contributed by atoms with E-state index in [0.717, 1.165) is 24.3 Å². The molecule has 0 aliphatic heterocycles. The first-order valence-corrected chi connectivity index (χ1v) is 13.0. The number of benzene rings is 4. The standard InChI is InChI=1S/C34H14F6N6/c35-33(36,37)29-9-17(1-3-19(29)13-42)23-11-27-25(7-21(23)15-44)26-8-22(16-45)24(12-28(26)32(27)31(46)5-6-41)18-2-4-20(14-43)30(10-18)34(38,39)40/h1-4,7-12H,5,46H2. The van der Waals surface area contributed by atoms with E-state index in [4.69, 9.17) is 5.73 Å². The third kappa shape index (κ3) is 5.13. The van der Waals surface area contributed by atoms with Gasteiger partial charge in [0.05, 0.1) is 70.1 Å². The zero-order chi connectivity index (χ0) is 33.6. The van der Waals surface area contributed by atoms with Crippen LogP contribution in [0.3, 0.4) is 0 Å². The highest BCUT2D eigenvalue weighted by Gasteiger charge is 2.36. The summed E-state index contributed by atoms with van der Waals surface area (Å²) in [5, 5.41) is 47.8. The van der Waals surface area contributed by atoms with E-state index in [9.17, 15) is 52.7 Å². The predicted octanol–water partition coefficient (Wildman–Crippen LogP) is 8.16. The molecule has 1 aliphatic carbocycles. The van der Waals surface area contributed by atoms with E-state index in [1.165, 1.54) is 48.5 Å². The van der Waals surface area contributed by atoms with Gasteiger partial charge in [0.1, 0.15) is 0 Å². The zero-order valence-electron chi connectivity index (χ0n) is 23.1. The highest BCUT2D eigenvalue weighted by Crippen LogP contribution is 2.50. The van der Waals surface area contributed by atoms with Crippen molar-refractivity contribution in [3.8, 4) is 63.7 Å². The summed E-state index contributed by atoms with van der Waals surface area (Å²) in [6.45, 7) is 0. The van der Waals surface area contributed by atoms with Gasteiger partial charge >= 0.3 is 12.4 Å². The molecule has 46 heavy (non-hydrogen) atoms. The van der Waals surface area contributed by atoms with Crippen LogP contribution >= 0.6 is 0 Å². The first kappa shape index (κ1) is 30.9. The number of allylic oxidation sites excluding steroid dienone is 1. The van der Waals surface area contributed by atoms with Crippen molar-refractivity contribution in [2.24, 2.45) is 5.73 Å². The second-order valence-electron chi connectivity index (χ2n) is 10.1. The number of halogens is 6. The minimum atomic E-state index is -4.87. The molecule has 5 rings (SSSR count). The normalized spacial score (nSPS) is 11.7. The number of hydrogen-bond donors (Lipinski definition) is 1. The summed E-state index contributed by atoms with van der Waals surface area (Å²) in [7, 11) is 0. The van der Waals surface area contributed by atoms with Gasteiger partial charge in [-0.2, -0.15) is 52.7 Å². The van der Waals surface area contributed by atoms with Crippen LogP contribution in [0.5, 0.6) is 0 Å². The molecule has 222 valence electrons. The largest absolute Gasteiger partial charge is 0.417 e. The van der Waals surface area contributed by atoms with Crippen LogP contribution in [0.2, 0.25) is 0 Å². The van der Waals surface area contributed by atoms with Crippen LogP contribution in [0, 0.1) is 56.7 Å². The van der Waals surface area contributed by atoms with E-state index in [0.29, 0.717) is 22.3 Å². The Kier molecular flexibility index (Phi) is 7.51. The molecule has 6 nitrogen and oxygen atoms in total. The molecule has 2 N–H and O–H groups in total. The lowest BCUT2D eigenvalue weighted by atomic mass is 9.91. The van der Waals surface area contributed by atoms with Crippen molar-refractivity contribution in [3.05, 3.63) is 111 Å². The molecule has 0 saturated heterocycles. The summed E-state index contributed by atoms with van der Waals surface area (Å²) in [4.78, 5) is 0. The molecule has 1 aliphatic rings. The van der Waals surface area contributed by atoms with E-state index in [1.807, 2.05) is 18.2 Å². The average molecular weight is 621 g/mol. The van der Waals surface area contributed by atoms with Gasteiger partial charge in [-0.05, 0) is 81.9 Å². The topological polar surface area (TPSA) is 145 Å². The van der Waals surface area contributed by atoms with E-state index in [-0.39, 0.29) is 51.1 Å². The van der Waals surface area contributed by atoms with Crippen LogP contribution in [0.1, 0.15) is 50.9 Å². The Morgan fingerprint density at radius 3 is 1.24 bits per heavy atom. The number of nitrogens with zero attached hydrogens (tertiary/aromatic N) is 5. The molecule has 0 fully saturated rings. The summed E-state index contributed by atoms with van der Waals surface area (Å²) in [5.41, 5.74) is 4.27. The third-order valence-electron chi connectivity index (χ3n) is 7.49. The van der Waals surface area contributed by atoms with Crippen molar-refractivity contribution in [2.45, 2.75) is 18.8 Å². The Balaban J connectivity index is 1.81. The van der Waals surface area contributed by atoms with Crippen molar-refractivity contribution in [2.75, 3.05) is 0 Å². The Bertz CT molecular complexity index is 2080. The van der Waals surface area contributed by atoms with E-state index < -0.39 is 34.6 Å². The van der Waals surface area contributed by atoms with Gasteiger partial charge in [0, 0.05) is 22.4 Å². The van der Waals surface area contributed by atoms with Crippen LogP contribution in [0.25, 0.3) is 39.0 Å². The Morgan fingerprint density at radius 1 is 0.522 bits per heavy atom. The molecule has 0 aromatic heterocycles. The first-order chi connectivity index (χ1) is 21.8. The van der Waals surface area contributed by atoms with Crippen LogP contribution in [0.15, 0.2) is 66.4 Å². The molecule has 0 heterocycles. The van der Waals surface area contributed by atoms with Gasteiger partial charge in [0.15, 0.2) is 0 Å². The molecular weight excluding hydrogens is 606 g/mol. The van der Waals surface area contributed by atoms with E-state index in [2.05, 4.69) is 0 Å². The summed E-state index contributed by atoms with van der Waals surface area (Å²) in [6.07, 6.45) is -10.0. The molecule has 0 radical (unpaired) electrons. The molecule has 0 spiro atoms. The van der Waals surface area contributed by atoms with Crippen molar-refractivity contribution < 1.29 is 26.3 Å². The molecule has 12 heteroatoms. The number of rotatable bonds is 3. The maximum Gasteiger partial charge on any atom is 0.417 e. The second-order valence-corrected chi connectivity index (χ2v) is 10.1. The van der Waals surface area contributed by atoms with Crippen LogP contribution < -0.4 is 5.73 Å². The number of nitrogens with two attached hydrogens (primary N) is 1. The van der Waals surface area contributed by atoms with Crippen LogP contribution in [0.4, 0.5) is 26.3 Å². The molecule has 0 bridgehead atoms. The van der Waals surface area contributed by atoms with Crippen molar-refractivity contribution >= 4 is 5.57 Å². The summed E-state index contributed by atoms with van der Waals surface area (Å²) in [6, 6.07) is 20.5. The van der Waals surface area contributed by atoms with Crippen LogP contribution in [-0.4, -0.2) is 0 Å². The fourth-order valence-corrected chi connectivity index (χ4v) is 5.47. The van der Waals surface area contributed by atoms with Gasteiger partial charge in [0.25, 0.3) is 0 Å². The number of nitriles is 5. The Labute approximate surface area is 257 Å². The van der Waals surface area contributed by atoms with Crippen molar-refractivity contribution in [1.82, 2.24) is 0 Å². The van der Waals surface area contributed by atoms with E-state index >= 15 is 0 Å². The monoisotopic (exact) mass is 620 g/mol. The SMILES string of the molecule is N#CCC(N)=C1c2cc(-c3ccc(C#N)c(C(F)(F)F)c3)c(C#N)cc2-c2cc(C#N)c(-c3ccc(C#N)c(C(F)(F)F)c3)cc21. The first-order valence-electron chi connectivity index (χ1n) is 13.0. The minimum Gasteiger partial charge on any atom is -0.401 e. The summed E-state index contributed by atoms with van der Waals surface area (Å²) in [5.74, 6) is 0. The summed E-state index contributed by atoms with van der Waals surface area (Å²) < 4.78 is 82.6.